The molecule has 0 aliphatic heterocycles. The van der Waals surface area contributed by atoms with Crippen molar-refractivity contribution in [1.29, 1.82) is 0 Å². The molecule has 0 bridgehead atoms. The Morgan fingerprint density at radius 3 is 1.40 bits per heavy atom. The molecular weight excluding hydrogens is 678 g/mol. The van der Waals surface area contributed by atoms with Gasteiger partial charge in [-0.25, -0.2) is 19.6 Å². The number of benzene rings is 2. The van der Waals surface area contributed by atoms with E-state index in [0.717, 1.165) is 37.1 Å². The van der Waals surface area contributed by atoms with Crippen LogP contribution in [-0.2, 0) is 26.7 Å². The highest BCUT2D eigenvalue weighted by Crippen LogP contribution is 2.32. The van der Waals surface area contributed by atoms with Crippen molar-refractivity contribution in [3.63, 3.8) is 0 Å². The van der Waals surface area contributed by atoms with Gasteiger partial charge in [0.25, 0.3) is 0 Å². The van der Waals surface area contributed by atoms with Gasteiger partial charge < -0.3 is 28.8 Å². The largest absolute Gasteiger partial charge is 0.479 e. The zero-order chi connectivity index (χ0) is 36.9. The molecule has 4 rings (SSSR count). The molecule has 4 aromatic rings. The average Bonchev–Trinajstić information content (AvgIpc) is 3.06. The Morgan fingerprint density at radius 2 is 1.06 bits per heavy atom. The van der Waals surface area contributed by atoms with Gasteiger partial charge >= 0.3 is 24.3 Å². The van der Waals surface area contributed by atoms with Crippen LogP contribution in [0.2, 0.25) is 0 Å². The van der Waals surface area contributed by atoms with Gasteiger partial charge in [0.15, 0.2) is 12.2 Å². The first-order valence-corrected chi connectivity index (χ1v) is 14.9. The van der Waals surface area contributed by atoms with Crippen LogP contribution in [0, 0.1) is 0 Å². The van der Waals surface area contributed by atoms with Gasteiger partial charge in [0.2, 0.25) is 11.8 Å². The number of aliphatic carboxylic acids is 1. The summed E-state index contributed by atoms with van der Waals surface area (Å²) in [6.45, 7) is 5.33. The molecule has 0 saturated heterocycles. The number of carbonyl (C=O) groups excluding carboxylic acids is 1. The molecule has 0 radical (unpaired) electrons. The van der Waals surface area contributed by atoms with Gasteiger partial charge in [-0.1, -0.05) is 13.3 Å². The molecular formula is C34H32F6N2O8. The van der Waals surface area contributed by atoms with E-state index in [2.05, 4.69) is 9.97 Å². The highest BCUT2D eigenvalue weighted by molar-refractivity contribution is 5.74. The van der Waals surface area contributed by atoms with Gasteiger partial charge in [0.05, 0.1) is 17.7 Å². The fraction of sp³-hybridized carbons (Fsp3) is 0.294. The van der Waals surface area contributed by atoms with Gasteiger partial charge in [-0.2, -0.15) is 26.3 Å². The summed E-state index contributed by atoms with van der Waals surface area (Å²) >= 11 is 0. The van der Waals surface area contributed by atoms with Crippen molar-refractivity contribution < 1.29 is 64.7 Å². The van der Waals surface area contributed by atoms with Crippen LogP contribution < -0.4 is 18.9 Å². The summed E-state index contributed by atoms with van der Waals surface area (Å²) in [5, 5.41) is 8.73. The van der Waals surface area contributed by atoms with Crippen molar-refractivity contribution in [3.05, 3.63) is 96.3 Å². The molecule has 0 amide bonds. The van der Waals surface area contributed by atoms with Crippen molar-refractivity contribution in [2.75, 3.05) is 6.61 Å². The monoisotopic (exact) mass is 710 g/mol. The Hall–Kier alpha value is -5.54. The van der Waals surface area contributed by atoms with E-state index in [9.17, 15) is 35.9 Å². The summed E-state index contributed by atoms with van der Waals surface area (Å²) in [5.41, 5.74) is -1.71. The number of hydrogen-bond acceptors (Lipinski definition) is 9. The number of nitrogens with zero attached hydrogens (tertiary/aromatic N) is 2. The van der Waals surface area contributed by atoms with Crippen LogP contribution in [0.3, 0.4) is 0 Å². The fourth-order valence-electron chi connectivity index (χ4n) is 3.57. The van der Waals surface area contributed by atoms with E-state index in [1.54, 1.807) is 31.2 Å². The van der Waals surface area contributed by atoms with Crippen LogP contribution >= 0.6 is 0 Å². The number of carbonyl (C=O) groups is 2. The molecule has 50 heavy (non-hydrogen) atoms. The van der Waals surface area contributed by atoms with Crippen LogP contribution in [0.25, 0.3) is 0 Å². The topological polar surface area (TPSA) is 126 Å². The number of rotatable bonds is 13. The number of halogens is 6. The highest BCUT2D eigenvalue weighted by atomic mass is 19.4. The maximum atomic E-state index is 12.5. The van der Waals surface area contributed by atoms with Gasteiger partial charge in [0, 0.05) is 24.5 Å². The second-order valence-electron chi connectivity index (χ2n) is 10.3. The zero-order valence-corrected chi connectivity index (χ0v) is 26.8. The molecule has 0 fully saturated rings. The lowest BCUT2D eigenvalue weighted by molar-refractivity contribution is -0.151. The molecule has 10 nitrogen and oxygen atoms in total. The Morgan fingerprint density at radius 1 is 0.660 bits per heavy atom. The van der Waals surface area contributed by atoms with Crippen LogP contribution in [0.4, 0.5) is 26.3 Å². The summed E-state index contributed by atoms with van der Waals surface area (Å²) in [6.07, 6.45) is -7.55. The minimum Gasteiger partial charge on any atom is -0.479 e. The normalized spacial score (nSPS) is 12.4. The molecule has 0 aliphatic carbocycles. The van der Waals surface area contributed by atoms with E-state index >= 15 is 0 Å². The second kappa shape index (κ2) is 17.7. The van der Waals surface area contributed by atoms with Crippen molar-refractivity contribution >= 4 is 11.9 Å². The molecule has 1 N–H and O–H groups in total. The number of alkyl halides is 6. The van der Waals surface area contributed by atoms with Crippen molar-refractivity contribution in [3.8, 4) is 34.8 Å². The molecule has 0 unspecified atom stereocenters. The molecule has 2 heterocycles. The van der Waals surface area contributed by atoms with Gasteiger partial charge in [0.1, 0.15) is 23.0 Å². The predicted octanol–water partition coefficient (Wildman–Crippen LogP) is 8.75. The van der Waals surface area contributed by atoms with E-state index in [1.165, 1.54) is 31.2 Å². The van der Waals surface area contributed by atoms with Crippen LogP contribution in [-0.4, -0.2) is 45.8 Å². The molecule has 0 aliphatic rings. The second-order valence-corrected chi connectivity index (χ2v) is 10.3. The SMILES string of the molecule is CCCCOC(=O)[C@@H](C)Oc1ccc(Oc2ccc(C(F)(F)F)cn2)cc1.C[C@@H](Oc1ccc(Oc2ccc(C(F)(F)F)cn2)cc1)C(=O)O. The zero-order valence-electron chi connectivity index (χ0n) is 26.8. The number of ether oxygens (including phenoxy) is 5. The number of hydrogen-bond donors (Lipinski definition) is 1. The predicted molar refractivity (Wildman–Crippen MR) is 165 cm³/mol. The first kappa shape index (κ1) is 38.9. The average molecular weight is 711 g/mol. The van der Waals surface area contributed by atoms with Crippen LogP contribution in [0.1, 0.15) is 44.7 Å². The first-order chi connectivity index (χ1) is 23.5. The Bertz CT molecular complexity index is 1650. The number of carboxylic acids is 1. The molecule has 0 saturated carbocycles. The summed E-state index contributed by atoms with van der Waals surface area (Å²) in [5.74, 6) is -0.0530. The van der Waals surface area contributed by atoms with E-state index in [-0.39, 0.29) is 11.8 Å². The van der Waals surface area contributed by atoms with E-state index in [4.69, 9.17) is 28.8 Å². The Kier molecular flexibility index (Phi) is 13.8. The van der Waals surface area contributed by atoms with Crippen LogP contribution in [0.15, 0.2) is 85.2 Å². The number of esters is 1. The smallest absolute Gasteiger partial charge is 0.417 e. The number of pyridine rings is 2. The van der Waals surface area contributed by atoms with E-state index in [1.807, 2.05) is 6.92 Å². The molecule has 2 atom stereocenters. The minimum absolute atomic E-state index is 0.00516. The minimum atomic E-state index is -4.45. The third-order valence-electron chi connectivity index (χ3n) is 6.27. The summed E-state index contributed by atoms with van der Waals surface area (Å²) in [4.78, 5) is 29.7. The molecule has 2 aromatic carbocycles. The Balaban J connectivity index is 0.000000274. The highest BCUT2D eigenvalue weighted by Gasteiger charge is 2.31. The standard InChI is InChI=1S/C19H20F3NO4.C15H12F3NO4/c1-3-4-11-25-18(24)13(2)26-15-6-8-16(9-7-15)27-17-10-5-14(12-23-17)19(20,21)22;1-9(14(20)21)22-11-3-5-12(6-4-11)23-13-7-2-10(8-19-13)15(16,17)18/h5-10,12-13H,3-4,11H2,1-2H3;2-9H,1H3,(H,20,21)/t13-;9-/m11/s1. The lowest BCUT2D eigenvalue weighted by Gasteiger charge is -2.14. The quantitative estimate of drug-likeness (QED) is 0.0818. The van der Waals surface area contributed by atoms with Crippen molar-refractivity contribution in [1.82, 2.24) is 9.97 Å². The summed E-state index contributed by atoms with van der Waals surface area (Å²) < 4.78 is 101. The first-order valence-electron chi connectivity index (χ1n) is 14.9. The maximum Gasteiger partial charge on any atom is 0.417 e. The van der Waals surface area contributed by atoms with E-state index in [0.29, 0.717) is 42.0 Å². The number of unbranched alkanes of at least 4 members (excludes halogenated alkanes) is 1. The molecule has 16 heteroatoms. The fourth-order valence-corrected chi connectivity index (χ4v) is 3.57. The summed E-state index contributed by atoms with van der Waals surface area (Å²) in [6, 6.07) is 16.2. The lowest BCUT2D eigenvalue weighted by atomic mass is 10.3. The third kappa shape index (κ3) is 12.8. The number of aromatic nitrogens is 2. The summed E-state index contributed by atoms with van der Waals surface area (Å²) in [7, 11) is 0. The van der Waals surface area contributed by atoms with Gasteiger partial charge in [-0.05, 0) is 80.9 Å². The van der Waals surface area contributed by atoms with Gasteiger partial charge in [-0.15, -0.1) is 0 Å². The van der Waals surface area contributed by atoms with Crippen molar-refractivity contribution in [2.45, 2.75) is 58.2 Å². The van der Waals surface area contributed by atoms with E-state index < -0.39 is 47.6 Å². The van der Waals surface area contributed by atoms with Crippen LogP contribution in [0.5, 0.6) is 34.8 Å². The molecule has 0 spiro atoms. The number of carboxylic acid groups (broad SMARTS) is 1. The van der Waals surface area contributed by atoms with Crippen molar-refractivity contribution in [2.24, 2.45) is 0 Å². The molecule has 2 aromatic heterocycles. The van der Waals surface area contributed by atoms with Gasteiger partial charge in [-0.3, -0.25) is 0 Å². The lowest BCUT2D eigenvalue weighted by Crippen LogP contribution is -2.26. The Labute approximate surface area is 282 Å². The molecule has 268 valence electrons. The maximum absolute atomic E-state index is 12.5. The third-order valence-corrected chi connectivity index (χ3v) is 6.27.